The Balaban J connectivity index is 1.48. The highest BCUT2D eigenvalue weighted by Crippen LogP contribution is 2.18. The average Bonchev–Trinajstić information content (AvgIpc) is 2.87. The van der Waals surface area contributed by atoms with Gasteiger partial charge in [0.25, 0.3) is 0 Å². The van der Waals surface area contributed by atoms with Gasteiger partial charge in [0, 0.05) is 13.1 Å². The van der Waals surface area contributed by atoms with Crippen LogP contribution in [0.25, 0.3) is 0 Å². The average molecular weight is 244 g/mol. The number of likely N-dealkylation sites (tertiary alicyclic amines) is 1. The molecule has 0 aliphatic carbocycles. The van der Waals surface area contributed by atoms with Gasteiger partial charge >= 0.3 is 0 Å². The van der Waals surface area contributed by atoms with Gasteiger partial charge in [-0.1, -0.05) is 24.6 Å². The van der Waals surface area contributed by atoms with E-state index in [4.69, 9.17) is 0 Å². The zero-order valence-corrected chi connectivity index (χ0v) is 11.3. The largest absolute Gasteiger partial charge is 0.309 e. The molecule has 1 saturated heterocycles. The molecule has 2 aliphatic heterocycles. The van der Waals surface area contributed by atoms with E-state index in [1.54, 1.807) is 0 Å². The van der Waals surface area contributed by atoms with Crippen LogP contribution in [0.4, 0.5) is 0 Å². The summed E-state index contributed by atoms with van der Waals surface area (Å²) >= 11 is 0. The van der Waals surface area contributed by atoms with Crippen molar-refractivity contribution in [1.82, 2.24) is 10.2 Å². The summed E-state index contributed by atoms with van der Waals surface area (Å²) < 4.78 is 0. The summed E-state index contributed by atoms with van der Waals surface area (Å²) in [7, 11) is 0. The van der Waals surface area contributed by atoms with E-state index in [9.17, 15) is 0 Å². The third kappa shape index (κ3) is 2.93. The molecule has 0 unspecified atom stereocenters. The molecule has 2 heteroatoms. The molecule has 98 valence electrons. The molecule has 18 heavy (non-hydrogen) atoms. The van der Waals surface area contributed by atoms with Gasteiger partial charge in [0.15, 0.2) is 0 Å². The molecule has 1 N–H and O–H groups in total. The van der Waals surface area contributed by atoms with Gasteiger partial charge in [0.2, 0.25) is 0 Å². The SMILES string of the molecule is c1cc2c(cc1CCCN1CCCCC1)CNC2. The molecular weight excluding hydrogens is 220 g/mol. The van der Waals surface area contributed by atoms with E-state index in [0.29, 0.717) is 0 Å². The fraction of sp³-hybridized carbons (Fsp3) is 0.625. The molecule has 0 atom stereocenters. The second-order valence-electron chi connectivity index (χ2n) is 5.71. The topological polar surface area (TPSA) is 15.3 Å². The molecule has 3 rings (SSSR count). The monoisotopic (exact) mass is 244 g/mol. The van der Waals surface area contributed by atoms with Gasteiger partial charge in [0.1, 0.15) is 0 Å². The van der Waals surface area contributed by atoms with E-state index in [0.717, 1.165) is 13.1 Å². The number of piperidine rings is 1. The molecule has 0 amide bonds. The highest BCUT2D eigenvalue weighted by Gasteiger charge is 2.11. The molecule has 2 heterocycles. The minimum absolute atomic E-state index is 1.06. The minimum atomic E-state index is 1.06. The van der Waals surface area contributed by atoms with Crippen LogP contribution in [0.5, 0.6) is 0 Å². The highest BCUT2D eigenvalue weighted by atomic mass is 15.1. The number of fused-ring (bicyclic) bond motifs is 1. The van der Waals surface area contributed by atoms with Crippen molar-refractivity contribution in [3.8, 4) is 0 Å². The maximum atomic E-state index is 3.41. The fourth-order valence-electron chi connectivity index (χ4n) is 3.19. The van der Waals surface area contributed by atoms with E-state index in [-0.39, 0.29) is 0 Å². The van der Waals surface area contributed by atoms with Gasteiger partial charge in [-0.2, -0.15) is 0 Å². The molecule has 1 aromatic carbocycles. The van der Waals surface area contributed by atoms with E-state index in [2.05, 4.69) is 28.4 Å². The standard InChI is InChI=1S/C16H24N2/c1-2-8-18(9-3-1)10-4-5-14-6-7-15-12-17-13-16(15)11-14/h6-7,11,17H,1-5,8-10,12-13H2. The van der Waals surface area contributed by atoms with Crippen LogP contribution < -0.4 is 5.32 Å². The molecular formula is C16H24N2. The molecule has 0 radical (unpaired) electrons. The Morgan fingerprint density at radius 1 is 1.00 bits per heavy atom. The van der Waals surface area contributed by atoms with Crippen LogP contribution in [0, 0.1) is 0 Å². The Bertz CT molecular complexity index is 394. The lowest BCUT2D eigenvalue weighted by Gasteiger charge is -2.26. The van der Waals surface area contributed by atoms with Crippen molar-refractivity contribution in [1.29, 1.82) is 0 Å². The Morgan fingerprint density at radius 2 is 1.83 bits per heavy atom. The number of nitrogens with one attached hydrogen (secondary N) is 1. The van der Waals surface area contributed by atoms with E-state index < -0.39 is 0 Å². The maximum Gasteiger partial charge on any atom is 0.0212 e. The van der Waals surface area contributed by atoms with Gasteiger partial charge in [0.05, 0.1) is 0 Å². The van der Waals surface area contributed by atoms with Gasteiger partial charge in [-0.25, -0.2) is 0 Å². The van der Waals surface area contributed by atoms with Crippen molar-refractivity contribution >= 4 is 0 Å². The fourth-order valence-corrected chi connectivity index (χ4v) is 3.19. The third-order valence-corrected chi connectivity index (χ3v) is 4.29. The molecule has 2 nitrogen and oxygen atoms in total. The first-order chi connectivity index (χ1) is 8.92. The summed E-state index contributed by atoms with van der Waals surface area (Å²) in [5.41, 5.74) is 4.54. The lowest BCUT2D eigenvalue weighted by molar-refractivity contribution is 0.226. The molecule has 1 fully saturated rings. The van der Waals surface area contributed by atoms with Gasteiger partial charge in [-0.05, 0) is 62.0 Å². The predicted molar refractivity (Wildman–Crippen MR) is 75.6 cm³/mol. The second-order valence-corrected chi connectivity index (χ2v) is 5.71. The number of hydrogen-bond donors (Lipinski definition) is 1. The van der Waals surface area contributed by atoms with Crippen LogP contribution in [0.1, 0.15) is 42.4 Å². The lowest BCUT2D eigenvalue weighted by Crippen LogP contribution is -2.30. The summed E-state index contributed by atoms with van der Waals surface area (Å²) in [6.07, 6.45) is 6.80. The quantitative estimate of drug-likeness (QED) is 0.876. The van der Waals surface area contributed by atoms with Crippen LogP contribution >= 0.6 is 0 Å². The zero-order valence-electron chi connectivity index (χ0n) is 11.3. The van der Waals surface area contributed by atoms with Crippen molar-refractivity contribution in [2.45, 2.75) is 45.2 Å². The van der Waals surface area contributed by atoms with Crippen LogP contribution in [-0.4, -0.2) is 24.5 Å². The molecule has 1 aromatic rings. The summed E-state index contributed by atoms with van der Waals surface area (Å²) in [6, 6.07) is 7.04. The first-order valence-corrected chi connectivity index (χ1v) is 7.45. The Hall–Kier alpha value is -0.860. The van der Waals surface area contributed by atoms with Crippen molar-refractivity contribution < 1.29 is 0 Å². The summed E-state index contributed by atoms with van der Waals surface area (Å²) in [5, 5.41) is 3.41. The van der Waals surface area contributed by atoms with Gasteiger partial charge in [-0.3, -0.25) is 0 Å². The Morgan fingerprint density at radius 3 is 2.72 bits per heavy atom. The number of aryl methyl sites for hydroxylation is 1. The van der Waals surface area contributed by atoms with E-state index in [1.807, 2.05) is 0 Å². The lowest BCUT2D eigenvalue weighted by atomic mass is 10.0. The predicted octanol–water partition coefficient (Wildman–Crippen LogP) is 2.71. The van der Waals surface area contributed by atoms with Crippen molar-refractivity contribution in [2.75, 3.05) is 19.6 Å². The molecule has 0 bridgehead atoms. The Kier molecular flexibility index (Phi) is 3.96. The number of hydrogen-bond acceptors (Lipinski definition) is 2. The highest BCUT2D eigenvalue weighted by molar-refractivity contribution is 5.34. The first-order valence-electron chi connectivity index (χ1n) is 7.45. The van der Waals surface area contributed by atoms with E-state index >= 15 is 0 Å². The summed E-state index contributed by atoms with van der Waals surface area (Å²) in [4.78, 5) is 2.64. The number of rotatable bonds is 4. The van der Waals surface area contributed by atoms with Crippen LogP contribution in [0.3, 0.4) is 0 Å². The maximum absolute atomic E-state index is 3.41. The minimum Gasteiger partial charge on any atom is -0.309 e. The Labute approximate surface area is 110 Å². The summed E-state index contributed by atoms with van der Waals surface area (Å²) in [5.74, 6) is 0. The number of benzene rings is 1. The van der Waals surface area contributed by atoms with Crippen LogP contribution in [0.2, 0.25) is 0 Å². The molecule has 0 saturated carbocycles. The number of nitrogens with zero attached hydrogens (tertiary/aromatic N) is 1. The van der Waals surface area contributed by atoms with Crippen LogP contribution in [-0.2, 0) is 19.5 Å². The van der Waals surface area contributed by atoms with Crippen molar-refractivity contribution in [3.05, 3.63) is 34.9 Å². The smallest absolute Gasteiger partial charge is 0.0212 e. The third-order valence-electron chi connectivity index (χ3n) is 4.29. The van der Waals surface area contributed by atoms with Crippen molar-refractivity contribution in [2.24, 2.45) is 0 Å². The van der Waals surface area contributed by atoms with Gasteiger partial charge < -0.3 is 10.2 Å². The second kappa shape index (κ2) is 5.85. The molecule has 0 aromatic heterocycles. The first kappa shape index (κ1) is 12.2. The van der Waals surface area contributed by atoms with Crippen molar-refractivity contribution in [3.63, 3.8) is 0 Å². The van der Waals surface area contributed by atoms with Crippen LogP contribution in [0.15, 0.2) is 18.2 Å². The summed E-state index contributed by atoms with van der Waals surface area (Å²) in [6.45, 7) is 6.07. The van der Waals surface area contributed by atoms with E-state index in [1.165, 1.54) is 68.4 Å². The zero-order chi connectivity index (χ0) is 12.2. The van der Waals surface area contributed by atoms with Gasteiger partial charge in [-0.15, -0.1) is 0 Å². The normalized spacial score (nSPS) is 20.0. The molecule has 0 spiro atoms. The molecule has 2 aliphatic rings.